The smallest absolute Gasteiger partial charge is 0.191 e. The molecule has 0 aliphatic heterocycles. The van der Waals surface area contributed by atoms with Crippen molar-refractivity contribution in [3.63, 3.8) is 0 Å². The van der Waals surface area contributed by atoms with Crippen LogP contribution < -0.4 is 5.73 Å². The van der Waals surface area contributed by atoms with E-state index in [9.17, 15) is 4.39 Å². The van der Waals surface area contributed by atoms with Crippen molar-refractivity contribution in [2.75, 3.05) is 19.6 Å². The standard InChI is InChI=1S/C14H22FN3/c1-4-18(5-2)14(16)17-9-8-12-6-7-13(15)10-11(12)3/h6-7,10H,4-5,8-9H2,1-3H3,(H2,16,17). The van der Waals surface area contributed by atoms with Crippen LogP contribution in [0.4, 0.5) is 4.39 Å². The lowest BCUT2D eigenvalue weighted by Gasteiger charge is -2.19. The molecule has 0 unspecified atom stereocenters. The molecule has 0 radical (unpaired) electrons. The average Bonchev–Trinajstić information content (AvgIpc) is 2.33. The van der Waals surface area contributed by atoms with E-state index in [-0.39, 0.29) is 5.82 Å². The van der Waals surface area contributed by atoms with Crippen molar-refractivity contribution in [1.29, 1.82) is 0 Å². The minimum absolute atomic E-state index is 0.192. The number of hydrogen-bond donors (Lipinski definition) is 1. The molecule has 18 heavy (non-hydrogen) atoms. The number of halogens is 1. The molecule has 0 atom stereocenters. The van der Waals surface area contributed by atoms with Crippen LogP contribution in [0.2, 0.25) is 0 Å². The first-order valence-corrected chi connectivity index (χ1v) is 6.38. The second-order valence-corrected chi connectivity index (χ2v) is 4.23. The highest BCUT2D eigenvalue weighted by atomic mass is 19.1. The van der Waals surface area contributed by atoms with Crippen molar-refractivity contribution >= 4 is 5.96 Å². The van der Waals surface area contributed by atoms with Crippen LogP contribution >= 0.6 is 0 Å². The van der Waals surface area contributed by atoms with Crippen LogP contribution in [0.3, 0.4) is 0 Å². The largest absolute Gasteiger partial charge is 0.370 e. The van der Waals surface area contributed by atoms with Crippen LogP contribution in [0.5, 0.6) is 0 Å². The molecule has 0 aromatic heterocycles. The Labute approximate surface area is 109 Å². The van der Waals surface area contributed by atoms with Crippen molar-refractivity contribution < 1.29 is 4.39 Å². The first-order valence-electron chi connectivity index (χ1n) is 6.38. The molecule has 100 valence electrons. The fourth-order valence-electron chi connectivity index (χ4n) is 1.88. The SMILES string of the molecule is CCN(CC)C(N)=NCCc1ccc(F)cc1C. The van der Waals surface area contributed by atoms with Gasteiger partial charge in [0.1, 0.15) is 5.82 Å². The summed E-state index contributed by atoms with van der Waals surface area (Å²) in [5.41, 5.74) is 7.96. The zero-order valence-electron chi connectivity index (χ0n) is 11.4. The summed E-state index contributed by atoms with van der Waals surface area (Å²) in [5.74, 6) is 0.391. The summed E-state index contributed by atoms with van der Waals surface area (Å²) < 4.78 is 12.9. The fraction of sp³-hybridized carbons (Fsp3) is 0.500. The number of aryl methyl sites for hydroxylation is 1. The number of hydrogen-bond acceptors (Lipinski definition) is 1. The normalized spacial score (nSPS) is 11.7. The van der Waals surface area contributed by atoms with Gasteiger partial charge in [-0.2, -0.15) is 0 Å². The minimum atomic E-state index is -0.192. The lowest BCUT2D eigenvalue weighted by Crippen LogP contribution is -2.37. The molecule has 1 aromatic carbocycles. The Morgan fingerprint density at radius 1 is 1.33 bits per heavy atom. The van der Waals surface area contributed by atoms with Gasteiger partial charge in [-0.3, -0.25) is 4.99 Å². The third kappa shape index (κ3) is 4.02. The van der Waals surface area contributed by atoms with E-state index in [1.807, 2.05) is 17.9 Å². The number of rotatable bonds is 5. The molecule has 0 saturated heterocycles. The molecule has 0 saturated carbocycles. The lowest BCUT2D eigenvalue weighted by molar-refractivity contribution is 0.458. The molecule has 0 aliphatic rings. The molecule has 4 heteroatoms. The van der Waals surface area contributed by atoms with E-state index < -0.39 is 0 Å². The maximum atomic E-state index is 12.9. The van der Waals surface area contributed by atoms with Crippen molar-refractivity contribution in [2.24, 2.45) is 10.7 Å². The Bertz CT molecular complexity index is 412. The third-order valence-corrected chi connectivity index (χ3v) is 3.05. The Balaban J connectivity index is 2.57. The second-order valence-electron chi connectivity index (χ2n) is 4.23. The molecule has 1 rings (SSSR count). The molecule has 2 N–H and O–H groups in total. The molecule has 0 fully saturated rings. The second kappa shape index (κ2) is 6.99. The van der Waals surface area contributed by atoms with Crippen LogP contribution in [0.1, 0.15) is 25.0 Å². The van der Waals surface area contributed by atoms with Gasteiger partial charge in [0.2, 0.25) is 0 Å². The summed E-state index contributed by atoms with van der Waals surface area (Å²) in [4.78, 5) is 6.36. The van der Waals surface area contributed by atoms with Crippen molar-refractivity contribution in [3.8, 4) is 0 Å². The first-order chi connectivity index (χ1) is 8.58. The summed E-state index contributed by atoms with van der Waals surface area (Å²) in [5, 5.41) is 0. The van der Waals surface area contributed by atoms with Gasteiger partial charge in [-0.15, -0.1) is 0 Å². The minimum Gasteiger partial charge on any atom is -0.370 e. The maximum Gasteiger partial charge on any atom is 0.191 e. The average molecular weight is 251 g/mol. The Morgan fingerprint density at radius 2 is 2.00 bits per heavy atom. The van der Waals surface area contributed by atoms with E-state index in [1.54, 1.807) is 6.07 Å². The molecule has 3 nitrogen and oxygen atoms in total. The summed E-state index contributed by atoms with van der Waals surface area (Å²) in [6.45, 7) is 8.37. The summed E-state index contributed by atoms with van der Waals surface area (Å²) in [6, 6.07) is 4.85. The first kappa shape index (κ1) is 14.5. The van der Waals surface area contributed by atoms with Gasteiger partial charge in [-0.1, -0.05) is 6.07 Å². The Kier molecular flexibility index (Phi) is 5.62. The van der Waals surface area contributed by atoms with Gasteiger partial charge in [0.05, 0.1) is 0 Å². The fourth-order valence-corrected chi connectivity index (χ4v) is 1.88. The Hall–Kier alpha value is -1.58. The lowest BCUT2D eigenvalue weighted by atomic mass is 10.1. The quantitative estimate of drug-likeness (QED) is 0.644. The van der Waals surface area contributed by atoms with Gasteiger partial charge in [-0.05, 0) is 50.5 Å². The monoisotopic (exact) mass is 251 g/mol. The predicted octanol–water partition coefficient (Wildman–Crippen LogP) is 2.33. The molecule has 0 amide bonds. The topological polar surface area (TPSA) is 41.6 Å². The number of aliphatic imine (C=N–C) groups is 1. The summed E-state index contributed by atoms with van der Waals surface area (Å²) in [7, 11) is 0. The zero-order chi connectivity index (χ0) is 13.5. The number of benzene rings is 1. The number of nitrogens with zero attached hydrogens (tertiary/aromatic N) is 2. The van der Waals surface area contributed by atoms with Gasteiger partial charge in [0.15, 0.2) is 5.96 Å². The van der Waals surface area contributed by atoms with Gasteiger partial charge >= 0.3 is 0 Å². The van der Waals surface area contributed by atoms with Crippen molar-refractivity contribution in [1.82, 2.24) is 4.90 Å². The molecular formula is C14H22FN3. The molecule has 0 bridgehead atoms. The summed E-state index contributed by atoms with van der Waals surface area (Å²) in [6.07, 6.45) is 0.786. The van der Waals surface area contributed by atoms with E-state index in [0.29, 0.717) is 12.5 Å². The van der Waals surface area contributed by atoms with Crippen LogP contribution in [0.25, 0.3) is 0 Å². The van der Waals surface area contributed by atoms with Gasteiger partial charge in [-0.25, -0.2) is 4.39 Å². The van der Waals surface area contributed by atoms with Crippen LogP contribution in [0.15, 0.2) is 23.2 Å². The van der Waals surface area contributed by atoms with Crippen LogP contribution in [0, 0.1) is 12.7 Å². The molecular weight excluding hydrogens is 229 g/mol. The van der Waals surface area contributed by atoms with E-state index in [2.05, 4.69) is 18.8 Å². The van der Waals surface area contributed by atoms with Gasteiger partial charge in [0, 0.05) is 19.6 Å². The van der Waals surface area contributed by atoms with E-state index >= 15 is 0 Å². The summed E-state index contributed by atoms with van der Waals surface area (Å²) >= 11 is 0. The molecule has 0 aliphatic carbocycles. The van der Waals surface area contributed by atoms with Crippen LogP contribution in [-0.2, 0) is 6.42 Å². The highest BCUT2D eigenvalue weighted by Crippen LogP contribution is 2.10. The van der Waals surface area contributed by atoms with E-state index in [4.69, 9.17) is 5.73 Å². The highest BCUT2D eigenvalue weighted by molar-refractivity contribution is 5.77. The van der Waals surface area contributed by atoms with Crippen LogP contribution in [-0.4, -0.2) is 30.5 Å². The Morgan fingerprint density at radius 3 is 2.56 bits per heavy atom. The highest BCUT2D eigenvalue weighted by Gasteiger charge is 2.03. The van der Waals surface area contributed by atoms with E-state index in [0.717, 1.165) is 30.6 Å². The predicted molar refractivity (Wildman–Crippen MR) is 74.3 cm³/mol. The van der Waals surface area contributed by atoms with Crippen molar-refractivity contribution in [2.45, 2.75) is 27.2 Å². The van der Waals surface area contributed by atoms with Gasteiger partial charge < -0.3 is 10.6 Å². The third-order valence-electron chi connectivity index (χ3n) is 3.05. The maximum absolute atomic E-state index is 12.9. The van der Waals surface area contributed by atoms with Crippen molar-refractivity contribution in [3.05, 3.63) is 35.1 Å². The zero-order valence-corrected chi connectivity index (χ0v) is 11.4. The molecule has 1 aromatic rings. The molecule has 0 heterocycles. The van der Waals surface area contributed by atoms with Gasteiger partial charge in [0.25, 0.3) is 0 Å². The number of nitrogens with two attached hydrogens (primary N) is 1. The van der Waals surface area contributed by atoms with E-state index in [1.165, 1.54) is 6.07 Å². The molecule has 0 spiro atoms. The number of guanidine groups is 1.